The van der Waals surface area contributed by atoms with Gasteiger partial charge in [-0.2, -0.15) is 5.10 Å². The van der Waals surface area contributed by atoms with Gasteiger partial charge in [0, 0.05) is 56.9 Å². The van der Waals surface area contributed by atoms with Crippen molar-refractivity contribution in [3.63, 3.8) is 0 Å². The highest BCUT2D eigenvalue weighted by molar-refractivity contribution is 5.94. The maximum Gasteiger partial charge on any atom is 0.272 e. The molecule has 2 aliphatic heterocycles. The Morgan fingerprint density at radius 2 is 1.92 bits per heavy atom. The van der Waals surface area contributed by atoms with Crippen LogP contribution in [-0.2, 0) is 24.3 Å². The summed E-state index contributed by atoms with van der Waals surface area (Å²) in [6.07, 6.45) is 1.82. The van der Waals surface area contributed by atoms with Crippen molar-refractivity contribution in [2.75, 3.05) is 52.4 Å². The first-order valence-electron chi connectivity index (χ1n) is 9.62. The van der Waals surface area contributed by atoms with Gasteiger partial charge in [-0.25, -0.2) is 0 Å². The van der Waals surface area contributed by atoms with Gasteiger partial charge >= 0.3 is 0 Å². The summed E-state index contributed by atoms with van der Waals surface area (Å²) >= 11 is 0. The van der Waals surface area contributed by atoms with Crippen molar-refractivity contribution in [2.24, 2.45) is 0 Å². The molecule has 0 radical (unpaired) electrons. The zero-order valence-corrected chi connectivity index (χ0v) is 15.6. The molecule has 0 unspecified atom stereocenters. The van der Waals surface area contributed by atoms with Crippen LogP contribution in [-0.4, -0.2) is 77.9 Å². The molecule has 1 aromatic heterocycles. The van der Waals surface area contributed by atoms with Gasteiger partial charge in [-0.15, -0.1) is 0 Å². The summed E-state index contributed by atoms with van der Waals surface area (Å²) in [7, 11) is 0. The van der Waals surface area contributed by atoms with Crippen LogP contribution < -0.4 is 5.32 Å². The number of rotatable bonds is 7. The van der Waals surface area contributed by atoms with Crippen molar-refractivity contribution in [1.29, 1.82) is 0 Å². The minimum atomic E-state index is -0.0650. The van der Waals surface area contributed by atoms with E-state index in [0.717, 1.165) is 69.9 Å². The van der Waals surface area contributed by atoms with Crippen molar-refractivity contribution >= 4 is 5.91 Å². The van der Waals surface area contributed by atoms with Crippen LogP contribution in [0.5, 0.6) is 0 Å². The molecule has 1 fully saturated rings. The molecular formula is C18H31N5O2. The summed E-state index contributed by atoms with van der Waals surface area (Å²) < 4.78 is 7.47. The number of carbonyl (C=O) groups excluding carboxylic acids is 1. The smallest absolute Gasteiger partial charge is 0.272 e. The van der Waals surface area contributed by atoms with Crippen molar-refractivity contribution < 1.29 is 9.53 Å². The Morgan fingerprint density at radius 3 is 2.64 bits per heavy atom. The molecule has 1 amide bonds. The Morgan fingerprint density at radius 1 is 1.16 bits per heavy atom. The fourth-order valence-corrected chi connectivity index (χ4v) is 3.67. The van der Waals surface area contributed by atoms with Gasteiger partial charge in [0.15, 0.2) is 5.69 Å². The van der Waals surface area contributed by atoms with Gasteiger partial charge in [0.2, 0.25) is 0 Å². The third-order valence-corrected chi connectivity index (χ3v) is 5.26. The molecule has 7 nitrogen and oxygen atoms in total. The van der Waals surface area contributed by atoms with Crippen molar-refractivity contribution in [1.82, 2.24) is 24.9 Å². The number of likely N-dealkylation sites (N-methyl/N-ethyl adjacent to an activating group) is 1. The van der Waals surface area contributed by atoms with E-state index in [1.807, 2.05) is 4.68 Å². The Balaban J connectivity index is 1.45. The molecule has 140 valence electrons. The molecule has 1 saturated heterocycles. The molecule has 0 saturated carbocycles. The van der Waals surface area contributed by atoms with E-state index in [-0.39, 0.29) is 5.91 Å². The monoisotopic (exact) mass is 349 g/mol. The first kappa shape index (κ1) is 18.4. The second kappa shape index (κ2) is 8.78. The fourth-order valence-electron chi connectivity index (χ4n) is 3.67. The van der Waals surface area contributed by atoms with Crippen molar-refractivity contribution in [3.8, 4) is 0 Å². The molecular weight excluding hydrogens is 318 g/mol. The normalized spacial score (nSPS) is 19.0. The predicted molar refractivity (Wildman–Crippen MR) is 96.8 cm³/mol. The van der Waals surface area contributed by atoms with E-state index >= 15 is 0 Å². The number of aromatic nitrogens is 2. The lowest BCUT2D eigenvalue weighted by Crippen LogP contribution is -2.46. The molecule has 0 aliphatic carbocycles. The van der Waals surface area contributed by atoms with Crippen molar-refractivity contribution in [2.45, 2.75) is 39.8 Å². The number of carbonyl (C=O) groups is 1. The number of hydrogen-bond acceptors (Lipinski definition) is 5. The third-order valence-electron chi connectivity index (χ3n) is 5.26. The molecule has 3 heterocycles. The summed E-state index contributed by atoms with van der Waals surface area (Å²) in [5.74, 6) is -0.0650. The minimum Gasteiger partial charge on any atom is -0.376 e. The van der Waals surface area contributed by atoms with Crippen LogP contribution in [0.25, 0.3) is 0 Å². The second-order valence-electron chi connectivity index (χ2n) is 6.78. The van der Waals surface area contributed by atoms with E-state index in [0.29, 0.717) is 25.5 Å². The summed E-state index contributed by atoms with van der Waals surface area (Å²) in [6.45, 7) is 13.7. The Kier molecular flexibility index (Phi) is 6.45. The molecule has 0 aromatic carbocycles. The number of nitrogens with one attached hydrogen (secondary N) is 1. The maximum absolute atomic E-state index is 12.5. The van der Waals surface area contributed by atoms with Crippen LogP contribution in [0.1, 0.15) is 42.0 Å². The summed E-state index contributed by atoms with van der Waals surface area (Å²) in [4.78, 5) is 17.5. The zero-order chi connectivity index (χ0) is 17.6. The average molecular weight is 349 g/mol. The fraction of sp³-hybridized carbons (Fsp3) is 0.778. The van der Waals surface area contributed by atoms with Gasteiger partial charge in [0.05, 0.1) is 13.2 Å². The number of fused-ring (bicyclic) bond motifs is 1. The highest BCUT2D eigenvalue weighted by Gasteiger charge is 2.24. The second-order valence-corrected chi connectivity index (χ2v) is 6.78. The van der Waals surface area contributed by atoms with E-state index in [4.69, 9.17) is 4.74 Å². The van der Waals surface area contributed by atoms with Crippen LogP contribution >= 0.6 is 0 Å². The van der Waals surface area contributed by atoms with Crippen LogP contribution in [0, 0.1) is 0 Å². The van der Waals surface area contributed by atoms with Crippen molar-refractivity contribution in [3.05, 3.63) is 17.0 Å². The first-order chi connectivity index (χ1) is 12.2. The number of piperazine rings is 1. The van der Waals surface area contributed by atoms with E-state index in [9.17, 15) is 4.79 Å². The highest BCUT2D eigenvalue weighted by atomic mass is 16.5. The largest absolute Gasteiger partial charge is 0.376 e. The molecule has 3 rings (SSSR count). The van der Waals surface area contributed by atoms with Crippen LogP contribution in [0.3, 0.4) is 0 Å². The van der Waals surface area contributed by atoms with E-state index < -0.39 is 0 Å². The highest BCUT2D eigenvalue weighted by Crippen LogP contribution is 2.20. The maximum atomic E-state index is 12.5. The molecule has 0 spiro atoms. The predicted octanol–water partition coefficient (Wildman–Crippen LogP) is 0.733. The lowest BCUT2D eigenvalue weighted by molar-refractivity contribution is 0.0920. The van der Waals surface area contributed by atoms with E-state index in [2.05, 4.69) is 34.1 Å². The summed E-state index contributed by atoms with van der Waals surface area (Å²) in [5.41, 5.74) is 2.68. The zero-order valence-electron chi connectivity index (χ0n) is 15.6. The summed E-state index contributed by atoms with van der Waals surface area (Å²) in [6, 6.07) is 0. The number of ether oxygens (including phenoxy) is 1. The van der Waals surface area contributed by atoms with Crippen LogP contribution in [0.2, 0.25) is 0 Å². The number of amides is 1. The third kappa shape index (κ3) is 4.40. The number of aryl methyl sites for hydroxylation is 1. The standard InChI is InChI=1S/C18H31N5O2/c1-3-21-9-11-22(12-10-21)8-5-7-19-18(24)17-15-14-25-13-6-16(15)23(4-2)20-17/h3-14H2,1-2H3,(H,19,24). The molecule has 25 heavy (non-hydrogen) atoms. The molecule has 2 aliphatic rings. The quantitative estimate of drug-likeness (QED) is 0.736. The minimum absolute atomic E-state index is 0.0650. The van der Waals surface area contributed by atoms with Crippen LogP contribution in [0.4, 0.5) is 0 Å². The Hall–Kier alpha value is -1.44. The number of hydrogen-bond donors (Lipinski definition) is 1. The number of nitrogens with zero attached hydrogens (tertiary/aromatic N) is 4. The van der Waals surface area contributed by atoms with E-state index in [1.165, 1.54) is 0 Å². The summed E-state index contributed by atoms with van der Waals surface area (Å²) in [5, 5.41) is 7.54. The lowest BCUT2D eigenvalue weighted by atomic mass is 10.1. The molecule has 7 heteroatoms. The molecule has 1 aromatic rings. The van der Waals surface area contributed by atoms with Gasteiger partial charge < -0.3 is 19.9 Å². The lowest BCUT2D eigenvalue weighted by Gasteiger charge is -2.33. The molecule has 0 atom stereocenters. The SMILES string of the molecule is CCN1CCN(CCCNC(=O)c2nn(CC)c3c2COCC3)CC1. The Bertz CT molecular complexity index is 578. The van der Waals surface area contributed by atoms with Gasteiger partial charge in [-0.1, -0.05) is 6.92 Å². The van der Waals surface area contributed by atoms with Crippen LogP contribution in [0.15, 0.2) is 0 Å². The van der Waals surface area contributed by atoms with Gasteiger partial charge in [0.1, 0.15) is 0 Å². The molecule has 1 N–H and O–H groups in total. The Labute approximate surface area is 150 Å². The topological polar surface area (TPSA) is 62.6 Å². The van der Waals surface area contributed by atoms with E-state index in [1.54, 1.807) is 0 Å². The average Bonchev–Trinajstić information content (AvgIpc) is 3.04. The van der Waals surface area contributed by atoms with Gasteiger partial charge in [-0.3, -0.25) is 9.48 Å². The molecule has 0 bridgehead atoms. The van der Waals surface area contributed by atoms with Gasteiger partial charge in [0.25, 0.3) is 5.91 Å². The first-order valence-corrected chi connectivity index (χ1v) is 9.62. The van der Waals surface area contributed by atoms with Gasteiger partial charge in [-0.05, 0) is 26.4 Å².